The van der Waals surface area contributed by atoms with Crippen LogP contribution in [0.4, 0.5) is 8.78 Å². The molecule has 0 fully saturated rings. The second-order valence-corrected chi connectivity index (χ2v) is 5.78. The van der Waals surface area contributed by atoms with E-state index in [0.29, 0.717) is 17.3 Å². The van der Waals surface area contributed by atoms with E-state index >= 15 is 0 Å². The number of hydrogen-bond donors (Lipinski definition) is 1. The fourth-order valence-corrected chi connectivity index (χ4v) is 2.62. The maximum atomic E-state index is 14.4. The van der Waals surface area contributed by atoms with Crippen molar-refractivity contribution < 1.29 is 8.78 Å². The predicted molar refractivity (Wildman–Crippen MR) is 83.4 cm³/mol. The van der Waals surface area contributed by atoms with E-state index in [2.05, 4.69) is 26.2 Å². The Morgan fingerprint density at radius 1 is 1.33 bits per heavy atom. The van der Waals surface area contributed by atoms with E-state index in [1.165, 1.54) is 12.1 Å². The van der Waals surface area contributed by atoms with Crippen LogP contribution in [0, 0.1) is 11.6 Å². The molecule has 0 spiro atoms. The average Bonchev–Trinajstić information content (AvgIpc) is 2.47. The highest BCUT2D eigenvalue weighted by Crippen LogP contribution is 2.32. The zero-order valence-electron chi connectivity index (χ0n) is 11.3. The summed E-state index contributed by atoms with van der Waals surface area (Å²) in [6.07, 6.45) is 2.37. The van der Waals surface area contributed by atoms with Crippen molar-refractivity contribution in [3.63, 3.8) is 0 Å². The third kappa shape index (κ3) is 3.59. The van der Waals surface area contributed by atoms with Gasteiger partial charge in [-0.1, -0.05) is 18.5 Å². The molecule has 2 nitrogen and oxygen atoms in total. The molecule has 0 amide bonds. The van der Waals surface area contributed by atoms with Gasteiger partial charge in [0.25, 0.3) is 0 Å². The van der Waals surface area contributed by atoms with Gasteiger partial charge in [0.2, 0.25) is 0 Å². The third-order valence-corrected chi connectivity index (χ3v) is 3.96. The van der Waals surface area contributed by atoms with Gasteiger partial charge in [-0.3, -0.25) is 4.98 Å². The van der Waals surface area contributed by atoms with Crippen LogP contribution in [0.3, 0.4) is 0 Å². The molecule has 0 saturated carbocycles. The highest BCUT2D eigenvalue weighted by Gasteiger charge is 2.25. The van der Waals surface area contributed by atoms with Crippen molar-refractivity contribution in [2.45, 2.75) is 19.4 Å². The van der Waals surface area contributed by atoms with E-state index in [-0.39, 0.29) is 10.0 Å². The van der Waals surface area contributed by atoms with Crippen LogP contribution < -0.4 is 5.32 Å². The lowest BCUT2D eigenvalue weighted by atomic mass is 10.0. The van der Waals surface area contributed by atoms with Gasteiger partial charge in [-0.25, -0.2) is 8.78 Å². The van der Waals surface area contributed by atoms with Crippen molar-refractivity contribution >= 4 is 27.5 Å². The number of benzene rings is 1. The summed E-state index contributed by atoms with van der Waals surface area (Å²) < 4.78 is 28.7. The van der Waals surface area contributed by atoms with Gasteiger partial charge in [0, 0.05) is 11.8 Å². The van der Waals surface area contributed by atoms with Crippen LogP contribution in [-0.2, 0) is 0 Å². The smallest absolute Gasteiger partial charge is 0.145 e. The Kier molecular flexibility index (Phi) is 5.67. The van der Waals surface area contributed by atoms with Gasteiger partial charge in [-0.05, 0) is 53.2 Å². The molecular formula is C15H14BrClF2N2. The van der Waals surface area contributed by atoms with Crippen LogP contribution in [0.5, 0.6) is 0 Å². The fraction of sp³-hybridized carbons (Fsp3) is 0.267. The van der Waals surface area contributed by atoms with Crippen molar-refractivity contribution in [1.82, 2.24) is 10.3 Å². The second-order valence-electron chi connectivity index (χ2n) is 4.51. The molecule has 2 rings (SSSR count). The minimum atomic E-state index is -0.740. The van der Waals surface area contributed by atoms with Crippen LogP contribution in [0.25, 0.3) is 0 Å². The van der Waals surface area contributed by atoms with Gasteiger partial charge in [0.1, 0.15) is 11.6 Å². The first-order chi connectivity index (χ1) is 10.1. The number of hydrogen-bond acceptors (Lipinski definition) is 2. The van der Waals surface area contributed by atoms with Gasteiger partial charge in [-0.15, -0.1) is 0 Å². The molecule has 1 unspecified atom stereocenters. The number of rotatable bonds is 5. The molecule has 0 aliphatic carbocycles. The highest BCUT2D eigenvalue weighted by atomic mass is 79.9. The minimum Gasteiger partial charge on any atom is -0.305 e. The van der Waals surface area contributed by atoms with E-state index < -0.39 is 17.7 Å². The van der Waals surface area contributed by atoms with Gasteiger partial charge < -0.3 is 5.32 Å². The molecule has 21 heavy (non-hydrogen) atoms. The molecule has 1 N–H and O–H groups in total. The van der Waals surface area contributed by atoms with Crippen LogP contribution in [0.15, 0.2) is 34.9 Å². The molecule has 0 aliphatic heterocycles. The van der Waals surface area contributed by atoms with Gasteiger partial charge in [0.05, 0.1) is 21.2 Å². The van der Waals surface area contributed by atoms with E-state index in [9.17, 15) is 8.78 Å². The number of nitrogens with one attached hydrogen (secondary N) is 1. The Morgan fingerprint density at radius 2 is 2.10 bits per heavy atom. The molecule has 1 heterocycles. The molecule has 0 aliphatic rings. The summed E-state index contributed by atoms with van der Waals surface area (Å²) in [6, 6.07) is 5.15. The topological polar surface area (TPSA) is 24.9 Å². The summed E-state index contributed by atoms with van der Waals surface area (Å²) in [5.41, 5.74) is 0.321. The normalized spacial score (nSPS) is 12.4. The molecule has 1 atom stereocenters. The maximum Gasteiger partial charge on any atom is 0.145 e. The average molecular weight is 376 g/mol. The van der Waals surface area contributed by atoms with E-state index in [1.54, 1.807) is 18.3 Å². The zero-order valence-corrected chi connectivity index (χ0v) is 13.7. The molecular weight excluding hydrogens is 362 g/mol. The Morgan fingerprint density at radius 3 is 2.76 bits per heavy atom. The molecule has 1 aromatic heterocycles. The van der Waals surface area contributed by atoms with Crippen LogP contribution >= 0.6 is 27.5 Å². The molecule has 0 saturated heterocycles. The number of halogens is 4. The highest BCUT2D eigenvalue weighted by molar-refractivity contribution is 9.10. The van der Waals surface area contributed by atoms with Gasteiger partial charge in [-0.2, -0.15) is 0 Å². The van der Waals surface area contributed by atoms with Crippen LogP contribution in [-0.4, -0.2) is 11.5 Å². The summed E-state index contributed by atoms with van der Waals surface area (Å²) in [5.74, 6) is -1.28. The Hall–Kier alpha value is -1.04. The summed E-state index contributed by atoms with van der Waals surface area (Å²) in [6.45, 7) is 2.56. The van der Waals surface area contributed by atoms with Crippen molar-refractivity contribution in [2.75, 3.05) is 6.54 Å². The lowest BCUT2D eigenvalue weighted by molar-refractivity contribution is 0.495. The fourth-order valence-electron chi connectivity index (χ4n) is 2.04. The number of nitrogens with zero attached hydrogens (tertiary/aromatic N) is 1. The first kappa shape index (κ1) is 16.3. The summed E-state index contributed by atoms with van der Waals surface area (Å²) in [7, 11) is 0. The Bertz CT molecular complexity index is 637. The standard InChI is InChI=1S/C15H14BrClF2N2/c1-2-7-20-15(14-10(17)4-3-8-21-14)12-11(18)6-5-9(16)13(12)19/h3-6,8,15,20H,2,7H2,1H3. The second kappa shape index (κ2) is 7.29. The Labute approximate surface area is 135 Å². The first-order valence-electron chi connectivity index (χ1n) is 6.53. The van der Waals surface area contributed by atoms with Crippen molar-refractivity contribution in [3.8, 4) is 0 Å². The first-order valence-corrected chi connectivity index (χ1v) is 7.70. The molecule has 112 valence electrons. The van der Waals surface area contributed by atoms with Crippen LogP contribution in [0.2, 0.25) is 5.02 Å². The van der Waals surface area contributed by atoms with E-state index in [0.717, 1.165) is 6.42 Å². The lowest BCUT2D eigenvalue weighted by Crippen LogP contribution is -2.26. The third-order valence-electron chi connectivity index (χ3n) is 3.03. The largest absolute Gasteiger partial charge is 0.305 e. The van der Waals surface area contributed by atoms with Gasteiger partial charge in [0.15, 0.2) is 0 Å². The molecule has 2 aromatic rings. The Balaban J connectivity index is 2.56. The quantitative estimate of drug-likeness (QED) is 0.755. The van der Waals surface area contributed by atoms with Crippen molar-refractivity contribution in [3.05, 3.63) is 62.8 Å². The molecule has 1 aromatic carbocycles. The minimum absolute atomic E-state index is 0.0848. The van der Waals surface area contributed by atoms with E-state index in [1.807, 2.05) is 6.92 Å². The molecule has 0 bridgehead atoms. The monoisotopic (exact) mass is 374 g/mol. The zero-order chi connectivity index (χ0) is 15.4. The predicted octanol–water partition coefficient (Wildman–Crippen LogP) is 4.86. The van der Waals surface area contributed by atoms with Gasteiger partial charge >= 0.3 is 0 Å². The maximum absolute atomic E-state index is 14.4. The van der Waals surface area contributed by atoms with Crippen molar-refractivity contribution in [2.24, 2.45) is 0 Å². The molecule has 6 heteroatoms. The van der Waals surface area contributed by atoms with Crippen molar-refractivity contribution in [1.29, 1.82) is 0 Å². The molecule has 0 radical (unpaired) electrons. The van der Waals surface area contributed by atoms with E-state index in [4.69, 9.17) is 11.6 Å². The summed E-state index contributed by atoms with van der Waals surface area (Å²) >= 11 is 9.22. The SMILES string of the molecule is CCCNC(c1ncccc1Cl)c1c(F)ccc(Br)c1F. The number of pyridine rings is 1. The summed E-state index contributed by atoms with van der Waals surface area (Å²) in [4.78, 5) is 4.18. The van der Waals surface area contributed by atoms with Crippen LogP contribution in [0.1, 0.15) is 30.6 Å². The summed E-state index contributed by atoms with van der Waals surface area (Å²) in [5, 5.41) is 3.47. The lowest BCUT2D eigenvalue weighted by Gasteiger charge is -2.21. The number of aromatic nitrogens is 1.